The van der Waals surface area contributed by atoms with Gasteiger partial charge in [-0.25, -0.2) is 0 Å². The van der Waals surface area contributed by atoms with E-state index >= 15 is 0 Å². The van der Waals surface area contributed by atoms with Gasteiger partial charge >= 0.3 is 0 Å². The molecule has 1 aromatic heterocycles. The first-order valence-corrected chi connectivity index (χ1v) is 7.20. The molecule has 2 aliphatic rings. The highest BCUT2D eigenvalue weighted by atomic mass is 16.5. The molecule has 1 N–H and O–H groups in total. The molecule has 4 rings (SSSR count). The maximum absolute atomic E-state index is 6.06. The fourth-order valence-electron chi connectivity index (χ4n) is 2.51. The minimum absolute atomic E-state index is 0.224. The molecule has 1 aliphatic carbocycles. The third-order valence-electron chi connectivity index (χ3n) is 3.81. The van der Waals surface area contributed by atoms with E-state index in [1.807, 2.05) is 24.3 Å². The second kappa shape index (κ2) is 4.90. The summed E-state index contributed by atoms with van der Waals surface area (Å²) >= 11 is 0. The maximum atomic E-state index is 6.06. The Hall–Kier alpha value is -1.88. The van der Waals surface area contributed by atoms with Crippen molar-refractivity contribution in [1.82, 2.24) is 15.5 Å². The van der Waals surface area contributed by atoms with Crippen LogP contribution < -0.4 is 10.1 Å². The fraction of sp³-hybridized carbons (Fsp3) is 0.467. The van der Waals surface area contributed by atoms with Crippen LogP contribution in [0.25, 0.3) is 11.5 Å². The lowest BCUT2D eigenvalue weighted by Gasteiger charge is -2.14. The van der Waals surface area contributed by atoms with Crippen molar-refractivity contribution in [3.63, 3.8) is 0 Å². The van der Waals surface area contributed by atoms with Crippen LogP contribution in [0.1, 0.15) is 31.0 Å². The number of benzene rings is 1. The monoisotopic (exact) mass is 271 g/mol. The molecule has 0 radical (unpaired) electrons. The van der Waals surface area contributed by atoms with Crippen molar-refractivity contribution >= 4 is 0 Å². The number of rotatable bonds is 4. The van der Waals surface area contributed by atoms with Crippen molar-refractivity contribution in [3.05, 3.63) is 30.1 Å². The lowest BCUT2D eigenvalue weighted by Crippen LogP contribution is -2.19. The Morgan fingerprint density at radius 1 is 1.20 bits per heavy atom. The van der Waals surface area contributed by atoms with Gasteiger partial charge in [0.25, 0.3) is 5.89 Å². The standard InChI is InChI=1S/C15H17N3O2/c1-2-4-13(19-11-7-8-16-9-11)12(3-1)15-17-14(18-20-15)10-5-6-10/h1-4,10-11,16H,5-9H2. The van der Waals surface area contributed by atoms with Crippen molar-refractivity contribution in [2.75, 3.05) is 13.1 Å². The Kier molecular flexibility index (Phi) is 2.92. The molecule has 20 heavy (non-hydrogen) atoms. The number of nitrogens with zero attached hydrogens (tertiary/aromatic N) is 2. The van der Waals surface area contributed by atoms with E-state index in [4.69, 9.17) is 9.26 Å². The molecular weight excluding hydrogens is 254 g/mol. The number of nitrogens with one attached hydrogen (secondary N) is 1. The smallest absolute Gasteiger partial charge is 0.261 e. The SMILES string of the molecule is c1ccc(-c2nc(C3CC3)no2)c(OC2CCNC2)c1. The van der Waals surface area contributed by atoms with Gasteiger partial charge in [-0.15, -0.1) is 0 Å². The zero-order chi connectivity index (χ0) is 13.4. The highest BCUT2D eigenvalue weighted by Crippen LogP contribution is 2.39. The van der Waals surface area contributed by atoms with Gasteiger partial charge in [0, 0.05) is 12.5 Å². The number of ether oxygens (including phenoxy) is 1. The van der Waals surface area contributed by atoms with Crippen molar-refractivity contribution in [3.8, 4) is 17.2 Å². The third kappa shape index (κ3) is 2.29. The summed E-state index contributed by atoms with van der Waals surface area (Å²) in [6.45, 7) is 1.91. The van der Waals surface area contributed by atoms with Gasteiger partial charge in [-0.2, -0.15) is 4.98 Å². The summed E-state index contributed by atoms with van der Waals surface area (Å²) < 4.78 is 11.5. The summed E-state index contributed by atoms with van der Waals surface area (Å²) in [7, 11) is 0. The fourth-order valence-corrected chi connectivity index (χ4v) is 2.51. The van der Waals surface area contributed by atoms with E-state index in [0.29, 0.717) is 11.8 Å². The van der Waals surface area contributed by atoms with Crippen LogP contribution in [-0.2, 0) is 0 Å². The second-order valence-electron chi connectivity index (χ2n) is 5.46. The van der Waals surface area contributed by atoms with Crippen molar-refractivity contribution in [1.29, 1.82) is 0 Å². The van der Waals surface area contributed by atoms with E-state index in [0.717, 1.165) is 36.6 Å². The molecule has 0 spiro atoms. The molecule has 1 atom stereocenters. The predicted molar refractivity (Wildman–Crippen MR) is 73.6 cm³/mol. The minimum Gasteiger partial charge on any atom is -0.488 e. The Balaban J connectivity index is 1.62. The average molecular weight is 271 g/mol. The summed E-state index contributed by atoms with van der Waals surface area (Å²) in [6.07, 6.45) is 3.60. The number of para-hydroxylation sites is 1. The van der Waals surface area contributed by atoms with Gasteiger partial charge in [0.1, 0.15) is 11.9 Å². The van der Waals surface area contributed by atoms with Crippen LogP contribution in [0.4, 0.5) is 0 Å². The summed E-state index contributed by atoms with van der Waals surface area (Å²) in [4.78, 5) is 4.50. The van der Waals surface area contributed by atoms with Gasteiger partial charge in [-0.1, -0.05) is 17.3 Å². The van der Waals surface area contributed by atoms with Crippen LogP contribution in [0.5, 0.6) is 5.75 Å². The largest absolute Gasteiger partial charge is 0.488 e. The molecule has 2 aromatic rings. The maximum Gasteiger partial charge on any atom is 0.261 e. The molecule has 1 saturated heterocycles. The lowest BCUT2D eigenvalue weighted by molar-refractivity contribution is 0.223. The Morgan fingerprint density at radius 2 is 2.10 bits per heavy atom. The average Bonchev–Trinajstić information content (AvgIpc) is 3.00. The molecule has 0 amide bonds. The quantitative estimate of drug-likeness (QED) is 0.925. The molecule has 2 heterocycles. The molecule has 1 saturated carbocycles. The molecule has 104 valence electrons. The van der Waals surface area contributed by atoms with E-state index < -0.39 is 0 Å². The molecule has 1 aromatic carbocycles. The molecule has 5 heteroatoms. The van der Waals surface area contributed by atoms with Gasteiger partial charge < -0.3 is 14.6 Å². The van der Waals surface area contributed by atoms with Crippen molar-refractivity contribution < 1.29 is 9.26 Å². The molecule has 2 fully saturated rings. The van der Waals surface area contributed by atoms with E-state index in [-0.39, 0.29) is 6.10 Å². The Bertz CT molecular complexity index is 601. The van der Waals surface area contributed by atoms with E-state index in [1.54, 1.807) is 0 Å². The van der Waals surface area contributed by atoms with Crippen molar-refractivity contribution in [2.45, 2.75) is 31.3 Å². The van der Waals surface area contributed by atoms with Crippen LogP contribution in [0.2, 0.25) is 0 Å². The first kappa shape index (κ1) is 11.9. The number of aromatic nitrogens is 2. The third-order valence-corrected chi connectivity index (χ3v) is 3.81. The summed E-state index contributed by atoms with van der Waals surface area (Å²) in [5, 5.41) is 7.38. The zero-order valence-electron chi connectivity index (χ0n) is 11.2. The van der Waals surface area contributed by atoms with E-state index in [2.05, 4.69) is 15.5 Å². The zero-order valence-corrected chi connectivity index (χ0v) is 11.2. The lowest BCUT2D eigenvalue weighted by atomic mass is 10.2. The van der Waals surface area contributed by atoms with Gasteiger partial charge in [-0.3, -0.25) is 0 Å². The van der Waals surface area contributed by atoms with Crippen LogP contribution in [0.3, 0.4) is 0 Å². The number of hydrogen-bond donors (Lipinski definition) is 1. The topological polar surface area (TPSA) is 60.2 Å². The normalized spacial score (nSPS) is 22.1. The predicted octanol–water partition coefficient (Wildman–Crippen LogP) is 2.35. The summed E-state index contributed by atoms with van der Waals surface area (Å²) in [5.41, 5.74) is 0.888. The van der Waals surface area contributed by atoms with Crippen LogP contribution in [0, 0.1) is 0 Å². The summed E-state index contributed by atoms with van der Waals surface area (Å²) in [6, 6.07) is 7.88. The van der Waals surface area contributed by atoms with Gasteiger partial charge in [-0.05, 0) is 37.9 Å². The molecule has 0 bridgehead atoms. The Labute approximate surface area is 117 Å². The van der Waals surface area contributed by atoms with Gasteiger partial charge in [0.05, 0.1) is 5.56 Å². The highest BCUT2D eigenvalue weighted by molar-refractivity contribution is 5.62. The van der Waals surface area contributed by atoms with Crippen LogP contribution >= 0.6 is 0 Å². The molecular formula is C15H17N3O2. The van der Waals surface area contributed by atoms with Crippen molar-refractivity contribution in [2.24, 2.45) is 0 Å². The molecule has 5 nitrogen and oxygen atoms in total. The Morgan fingerprint density at radius 3 is 2.90 bits per heavy atom. The number of hydrogen-bond acceptors (Lipinski definition) is 5. The first-order chi connectivity index (χ1) is 9.90. The summed E-state index contributed by atoms with van der Waals surface area (Å²) in [5.74, 6) is 2.72. The highest BCUT2D eigenvalue weighted by Gasteiger charge is 2.29. The molecule has 1 unspecified atom stereocenters. The van der Waals surface area contributed by atoms with E-state index in [9.17, 15) is 0 Å². The van der Waals surface area contributed by atoms with Gasteiger partial charge in [0.2, 0.25) is 0 Å². The molecule has 1 aliphatic heterocycles. The van der Waals surface area contributed by atoms with E-state index in [1.165, 1.54) is 12.8 Å². The second-order valence-corrected chi connectivity index (χ2v) is 5.46. The van der Waals surface area contributed by atoms with Crippen LogP contribution in [0.15, 0.2) is 28.8 Å². The van der Waals surface area contributed by atoms with Gasteiger partial charge in [0.15, 0.2) is 5.82 Å². The first-order valence-electron chi connectivity index (χ1n) is 7.20. The van der Waals surface area contributed by atoms with Crippen LogP contribution in [-0.4, -0.2) is 29.3 Å². The minimum atomic E-state index is 0.224.